The zero-order chi connectivity index (χ0) is 14.7. The first kappa shape index (κ1) is 15.5. The molecule has 0 atom stereocenters. The average molecular weight is 402 g/mol. The van der Waals surface area contributed by atoms with Crippen molar-refractivity contribution in [2.24, 2.45) is 0 Å². The molecular formula is C15H17ClIN3. The summed E-state index contributed by atoms with van der Waals surface area (Å²) < 4.78 is 1.07. The van der Waals surface area contributed by atoms with Crippen molar-refractivity contribution in [3.63, 3.8) is 0 Å². The number of nitrogens with zero attached hydrogens (tertiary/aromatic N) is 2. The summed E-state index contributed by atoms with van der Waals surface area (Å²) in [6, 6.07) is 5.92. The van der Waals surface area contributed by atoms with Crippen LogP contribution in [0.25, 0.3) is 11.4 Å². The van der Waals surface area contributed by atoms with Crippen molar-refractivity contribution in [2.75, 3.05) is 11.9 Å². The summed E-state index contributed by atoms with van der Waals surface area (Å²) in [6.45, 7) is 7.02. The number of nitrogens with one attached hydrogen (secondary N) is 1. The van der Waals surface area contributed by atoms with Gasteiger partial charge in [-0.25, -0.2) is 9.97 Å². The fourth-order valence-electron chi connectivity index (χ4n) is 1.78. The van der Waals surface area contributed by atoms with Gasteiger partial charge in [-0.05, 0) is 54.5 Å². The first-order valence-electron chi connectivity index (χ1n) is 6.57. The summed E-state index contributed by atoms with van der Waals surface area (Å²) in [5.41, 5.74) is 2.98. The van der Waals surface area contributed by atoms with E-state index in [-0.39, 0.29) is 0 Å². The molecule has 0 aliphatic rings. The van der Waals surface area contributed by atoms with Crippen molar-refractivity contribution in [3.8, 4) is 11.4 Å². The maximum absolute atomic E-state index is 6.19. The predicted molar refractivity (Wildman–Crippen MR) is 93.4 cm³/mol. The molecule has 0 saturated heterocycles. The van der Waals surface area contributed by atoms with E-state index < -0.39 is 0 Å². The Bertz CT molecular complexity index is 629. The summed E-state index contributed by atoms with van der Waals surface area (Å²) in [5.74, 6) is 1.61. The van der Waals surface area contributed by atoms with Crippen molar-refractivity contribution < 1.29 is 0 Å². The molecule has 1 N–H and O–H groups in total. The second-order valence-corrected chi connectivity index (χ2v) is 6.17. The molecule has 0 amide bonds. The Morgan fingerprint density at radius 1 is 1.25 bits per heavy atom. The molecular weight excluding hydrogens is 385 g/mol. The third kappa shape index (κ3) is 3.41. The lowest BCUT2D eigenvalue weighted by atomic mass is 10.1. The monoisotopic (exact) mass is 401 g/mol. The van der Waals surface area contributed by atoms with Crippen molar-refractivity contribution in [3.05, 3.63) is 38.0 Å². The van der Waals surface area contributed by atoms with Gasteiger partial charge in [-0.2, -0.15) is 0 Å². The van der Waals surface area contributed by atoms with Gasteiger partial charge in [-0.15, -0.1) is 0 Å². The second kappa shape index (κ2) is 6.72. The lowest BCUT2D eigenvalue weighted by Crippen LogP contribution is -2.07. The van der Waals surface area contributed by atoms with Crippen LogP contribution in [0.1, 0.15) is 24.6 Å². The Morgan fingerprint density at radius 3 is 2.65 bits per heavy atom. The molecule has 1 aromatic carbocycles. The second-order valence-electron chi connectivity index (χ2n) is 4.69. The number of hydrogen-bond donors (Lipinski definition) is 1. The lowest BCUT2D eigenvalue weighted by Gasteiger charge is -2.11. The van der Waals surface area contributed by atoms with Crippen molar-refractivity contribution >= 4 is 40.0 Å². The van der Waals surface area contributed by atoms with Gasteiger partial charge in [0.1, 0.15) is 5.82 Å². The van der Waals surface area contributed by atoms with Crippen LogP contribution in [0, 0.1) is 17.4 Å². The van der Waals surface area contributed by atoms with Crippen molar-refractivity contribution in [2.45, 2.75) is 27.2 Å². The molecule has 0 radical (unpaired) electrons. The van der Waals surface area contributed by atoms with Crippen LogP contribution in [0.4, 0.5) is 5.82 Å². The summed E-state index contributed by atoms with van der Waals surface area (Å²) in [5, 5.41) is 4.09. The molecule has 0 saturated carbocycles. The van der Waals surface area contributed by atoms with Crippen molar-refractivity contribution in [1.29, 1.82) is 0 Å². The van der Waals surface area contributed by atoms with Gasteiger partial charge in [0.15, 0.2) is 5.82 Å². The number of hydrogen-bond acceptors (Lipinski definition) is 3. The van der Waals surface area contributed by atoms with E-state index in [1.54, 1.807) is 0 Å². The molecule has 2 rings (SSSR count). The number of anilines is 1. The Morgan fingerprint density at radius 2 is 2.00 bits per heavy atom. The molecule has 0 fully saturated rings. The van der Waals surface area contributed by atoms with Crippen LogP contribution in [0.15, 0.2) is 18.2 Å². The highest BCUT2D eigenvalue weighted by Gasteiger charge is 2.11. The molecule has 3 nitrogen and oxygen atoms in total. The smallest absolute Gasteiger partial charge is 0.161 e. The first-order chi connectivity index (χ1) is 9.52. The third-order valence-electron chi connectivity index (χ3n) is 2.99. The number of rotatable bonds is 4. The van der Waals surface area contributed by atoms with Crippen LogP contribution >= 0.6 is 34.2 Å². The summed E-state index contributed by atoms with van der Waals surface area (Å²) in [4.78, 5) is 9.19. The molecule has 20 heavy (non-hydrogen) atoms. The summed E-state index contributed by atoms with van der Waals surface area (Å²) in [7, 11) is 0. The van der Waals surface area contributed by atoms with Crippen molar-refractivity contribution in [1.82, 2.24) is 9.97 Å². The maximum Gasteiger partial charge on any atom is 0.161 e. The van der Waals surface area contributed by atoms with Gasteiger partial charge < -0.3 is 5.32 Å². The van der Waals surface area contributed by atoms with E-state index in [1.807, 2.05) is 32.0 Å². The molecule has 2 aromatic rings. The van der Waals surface area contributed by atoms with E-state index in [1.165, 1.54) is 0 Å². The maximum atomic E-state index is 6.19. The molecule has 0 bridgehead atoms. The number of halogens is 2. The standard InChI is InChI=1S/C15H17ClIN3/c1-4-7-18-15-13(17)10(3)19-14(20-15)11-6-5-9(2)12(16)8-11/h5-6,8H,4,7H2,1-3H3,(H,18,19,20). The Balaban J connectivity index is 2.45. The number of aryl methyl sites for hydroxylation is 2. The van der Waals surface area contributed by atoms with E-state index in [0.717, 1.165) is 44.2 Å². The molecule has 1 aromatic heterocycles. The van der Waals surface area contributed by atoms with Gasteiger partial charge in [0.05, 0.1) is 9.26 Å². The fraction of sp³-hybridized carbons (Fsp3) is 0.333. The van der Waals surface area contributed by atoms with Gasteiger partial charge in [0, 0.05) is 17.1 Å². The molecule has 1 heterocycles. The molecule has 0 spiro atoms. The number of aromatic nitrogens is 2. The minimum Gasteiger partial charge on any atom is -0.369 e. The van der Waals surface area contributed by atoms with E-state index in [4.69, 9.17) is 11.6 Å². The van der Waals surface area contributed by atoms with E-state index >= 15 is 0 Å². The Hall–Kier alpha value is -0.880. The highest BCUT2D eigenvalue weighted by atomic mass is 127. The van der Waals surface area contributed by atoms with Gasteiger partial charge in [-0.1, -0.05) is 30.7 Å². The van der Waals surface area contributed by atoms with Crippen LogP contribution < -0.4 is 5.32 Å². The van der Waals surface area contributed by atoms with Gasteiger partial charge in [-0.3, -0.25) is 0 Å². The highest BCUT2D eigenvalue weighted by Crippen LogP contribution is 2.26. The quantitative estimate of drug-likeness (QED) is 0.745. The molecule has 5 heteroatoms. The van der Waals surface area contributed by atoms with Gasteiger partial charge in [0.2, 0.25) is 0 Å². The average Bonchev–Trinajstić information content (AvgIpc) is 2.43. The molecule has 0 unspecified atom stereocenters. The van der Waals surface area contributed by atoms with Gasteiger partial charge in [0.25, 0.3) is 0 Å². The predicted octanol–water partition coefficient (Wildman–Crippen LogP) is 4.84. The van der Waals surface area contributed by atoms with E-state index in [9.17, 15) is 0 Å². The minimum absolute atomic E-state index is 0.711. The molecule has 106 valence electrons. The number of benzene rings is 1. The first-order valence-corrected chi connectivity index (χ1v) is 8.03. The SMILES string of the molecule is CCCNc1nc(-c2ccc(C)c(Cl)c2)nc(C)c1I. The topological polar surface area (TPSA) is 37.8 Å². The van der Waals surface area contributed by atoms with E-state index in [2.05, 4.69) is 44.8 Å². The molecule has 0 aliphatic heterocycles. The Labute approximate surface area is 138 Å². The summed E-state index contributed by atoms with van der Waals surface area (Å²) in [6.07, 6.45) is 1.06. The normalized spacial score (nSPS) is 10.7. The van der Waals surface area contributed by atoms with Crippen LogP contribution in [0.3, 0.4) is 0 Å². The van der Waals surface area contributed by atoms with Crippen LogP contribution in [0.5, 0.6) is 0 Å². The third-order valence-corrected chi connectivity index (χ3v) is 4.69. The largest absolute Gasteiger partial charge is 0.369 e. The molecule has 0 aliphatic carbocycles. The van der Waals surface area contributed by atoms with Crippen LogP contribution in [-0.4, -0.2) is 16.5 Å². The van der Waals surface area contributed by atoms with E-state index in [0.29, 0.717) is 5.82 Å². The highest BCUT2D eigenvalue weighted by molar-refractivity contribution is 14.1. The van der Waals surface area contributed by atoms with Gasteiger partial charge >= 0.3 is 0 Å². The fourth-order valence-corrected chi connectivity index (χ4v) is 2.39. The minimum atomic E-state index is 0.711. The van der Waals surface area contributed by atoms with Crippen LogP contribution in [-0.2, 0) is 0 Å². The zero-order valence-corrected chi connectivity index (χ0v) is 14.7. The zero-order valence-electron chi connectivity index (χ0n) is 11.8. The Kier molecular flexibility index (Phi) is 5.21. The lowest BCUT2D eigenvalue weighted by molar-refractivity contribution is 0.958. The summed E-state index contributed by atoms with van der Waals surface area (Å²) >= 11 is 8.46. The van der Waals surface area contributed by atoms with Crippen LogP contribution in [0.2, 0.25) is 5.02 Å².